The number of nitrogens with zero attached hydrogens (tertiary/aromatic N) is 2. The molecule has 0 spiro atoms. The van der Waals surface area contributed by atoms with Crippen LogP contribution in [0.1, 0.15) is 38.2 Å². The molecule has 0 unspecified atom stereocenters. The topological polar surface area (TPSA) is 98.2 Å². The highest BCUT2D eigenvalue weighted by atomic mass is 16.6. The Morgan fingerprint density at radius 1 is 1.21 bits per heavy atom. The Hall–Kier alpha value is -3.29. The van der Waals surface area contributed by atoms with Crippen LogP contribution in [0.15, 0.2) is 36.7 Å². The van der Waals surface area contributed by atoms with E-state index in [1.165, 1.54) is 0 Å². The summed E-state index contributed by atoms with van der Waals surface area (Å²) in [5, 5.41) is 7.98. The van der Waals surface area contributed by atoms with Crippen LogP contribution < -0.4 is 5.32 Å². The Morgan fingerprint density at radius 3 is 2.72 bits per heavy atom. The third-order valence-electron chi connectivity index (χ3n) is 4.09. The number of alkyl carbamates (subject to hydrolysis) is 1. The maximum absolute atomic E-state index is 11.9. The molecule has 0 saturated heterocycles. The average molecular weight is 398 g/mol. The molecule has 0 saturated carbocycles. The van der Waals surface area contributed by atoms with Crippen molar-refractivity contribution < 1.29 is 19.1 Å². The van der Waals surface area contributed by atoms with Crippen LogP contribution in [-0.2, 0) is 16.0 Å². The Morgan fingerprint density at radius 2 is 2.00 bits per heavy atom. The molecule has 2 aromatic heterocycles. The molecule has 8 nitrogen and oxygen atoms in total. The monoisotopic (exact) mass is 398 g/mol. The minimum atomic E-state index is -0.521. The van der Waals surface area contributed by atoms with Gasteiger partial charge in [-0.25, -0.2) is 9.59 Å². The number of ether oxygens (including phenoxy) is 2. The first kappa shape index (κ1) is 20.4. The number of carbonyl (C=O) groups excluding carboxylic acids is 2. The van der Waals surface area contributed by atoms with Crippen molar-refractivity contribution >= 4 is 23.0 Å². The molecule has 0 aliphatic rings. The number of amides is 1. The number of H-pyrrole nitrogens is 1. The number of fused-ring (bicyclic) bond motifs is 1. The lowest BCUT2D eigenvalue weighted by molar-refractivity contribution is 0.0512. The van der Waals surface area contributed by atoms with E-state index in [2.05, 4.69) is 15.4 Å². The van der Waals surface area contributed by atoms with Crippen LogP contribution in [-0.4, -0.2) is 45.6 Å². The summed E-state index contributed by atoms with van der Waals surface area (Å²) < 4.78 is 12.0. The van der Waals surface area contributed by atoms with Gasteiger partial charge in [0.05, 0.1) is 19.3 Å². The SMILES string of the molecule is CCOC(=O)c1cc2cc(-c3cnn(CCNC(=O)OC(C)(C)C)c3)ccc2[nH]1. The van der Waals surface area contributed by atoms with Crippen LogP contribution in [0, 0.1) is 0 Å². The van der Waals surface area contributed by atoms with Crippen molar-refractivity contribution in [1.29, 1.82) is 0 Å². The second-order valence-corrected chi connectivity index (χ2v) is 7.63. The Bertz CT molecular complexity index is 1010. The van der Waals surface area contributed by atoms with Crippen molar-refractivity contribution in [2.75, 3.05) is 13.2 Å². The molecule has 3 aromatic rings. The van der Waals surface area contributed by atoms with Crippen molar-refractivity contribution in [3.8, 4) is 11.1 Å². The number of carbonyl (C=O) groups is 2. The normalized spacial score (nSPS) is 11.4. The van der Waals surface area contributed by atoms with Crippen LogP contribution in [0.2, 0.25) is 0 Å². The zero-order valence-corrected chi connectivity index (χ0v) is 17.1. The fourth-order valence-corrected chi connectivity index (χ4v) is 2.85. The van der Waals surface area contributed by atoms with Gasteiger partial charge in [-0.15, -0.1) is 0 Å². The number of esters is 1. The molecule has 0 bridgehead atoms. The molecule has 8 heteroatoms. The van der Waals surface area contributed by atoms with Gasteiger partial charge in [0.1, 0.15) is 11.3 Å². The predicted octanol–water partition coefficient (Wildman–Crippen LogP) is 3.73. The molecule has 0 aliphatic heterocycles. The second-order valence-electron chi connectivity index (χ2n) is 7.63. The van der Waals surface area contributed by atoms with Crippen molar-refractivity contribution in [2.24, 2.45) is 0 Å². The molecule has 1 aromatic carbocycles. The zero-order valence-electron chi connectivity index (χ0n) is 17.1. The lowest BCUT2D eigenvalue weighted by Crippen LogP contribution is -2.34. The lowest BCUT2D eigenvalue weighted by Gasteiger charge is -2.19. The fraction of sp³-hybridized carbons (Fsp3) is 0.381. The maximum Gasteiger partial charge on any atom is 0.407 e. The van der Waals surface area contributed by atoms with E-state index in [-0.39, 0.29) is 5.97 Å². The van der Waals surface area contributed by atoms with Gasteiger partial charge >= 0.3 is 12.1 Å². The summed E-state index contributed by atoms with van der Waals surface area (Å²) in [4.78, 5) is 26.7. The van der Waals surface area contributed by atoms with Crippen molar-refractivity contribution in [3.05, 3.63) is 42.4 Å². The van der Waals surface area contributed by atoms with Gasteiger partial charge in [-0.3, -0.25) is 4.68 Å². The van der Waals surface area contributed by atoms with E-state index in [1.807, 2.05) is 45.2 Å². The van der Waals surface area contributed by atoms with Gasteiger partial charge in [0.2, 0.25) is 0 Å². The largest absolute Gasteiger partial charge is 0.461 e. The molecule has 2 N–H and O–H groups in total. The molecular weight excluding hydrogens is 372 g/mol. The first-order valence-corrected chi connectivity index (χ1v) is 9.55. The number of aromatic nitrogens is 3. The van der Waals surface area contributed by atoms with Crippen LogP contribution >= 0.6 is 0 Å². The number of rotatable bonds is 6. The van der Waals surface area contributed by atoms with Gasteiger partial charge in [-0.1, -0.05) is 6.07 Å². The summed E-state index contributed by atoms with van der Waals surface area (Å²) in [6.45, 7) is 8.52. The molecule has 0 aliphatic carbocycles. The van der Waals surface area contributed by atoms with Crippen LogP contribution in [0.25, 0.3) is 22.0 Å². The Kier molecular flexibility index (Phi) is 5.91. The van der Waals surface area contributed by atoms with E-state index in [4.69, 9.17) is 9.47 Å². The second kappa shape index (κ2) is 8.38. The molecule has 3 rings (SSSR count). The van der Waals surface area contributed by atoms with E-state index in [0.29, 0.717) is 25.4 Å². The summed E-state index contributed by atoms with van der Waals surface area (Å²) in [5.74, 6) is -0.365. The lowest BCUT2D eigenvalue weighted by atomic mass is 10.1. The Balaban J connectivity index is 1.64. The smallest absolute Gasteiger partial charge is 0.407 e. The quantitative estimate of drug-likeness (QED) is 0.617. The summed E-state index contributed by atoms with van der Waals surface area (Å²) in [7, 11) is 0. The van der Waals surface area contributed by atoms with Crippen LogP contribution in [0.4, 0.5) is 4.79 Å². The van der Waals surface area contributed by atoms with Crippen LogP contribution in [0.5, 0.6) is 0 Å². The highest BCUT2D eigenvalue weighted by Crippen LogP contribution is 2.25. The van der Waals surface area contributed by atoms with Gasteiger partial charge in [-0.2, -0.15) is 5.10 Å². The van der Waals surface area contributed by atoms with Crippen LogP contribution in [0.3, 0.4) is 0 Å². The molecule has 0 atom stereocenters. The summed E-state index contributed by atoms with van der Waals surface area (Å²) in [6.07, 6.45) is 3.24. The highest BCUT2D eigenvalue weighted by Gasteiger charge is 2.15. The molecule has 29 heavy (non-hydrogen) atoms. The number of hydrogen-bond donors (Lipinski definition) is 2. The molecule has 154 valence electrons. The number of aromatic amines is 1. The predicted molar refractivity (Wildman–Crippen MR) is 110 cm³/mol. The van der Waals surface area contributed by atoms with Gasteiger partial charge in [0.15, 0.2) is 0 Å². The molecule has 0 radical (unpaired) electrons. The number of benzene rings is 1. The molecular formula is C21H26N4O4. The first-order valence-electron chi connectivity index (χ1n) is 9.55. The maximum atomic E-state index is 11.9. The van der Waals surface area contributed by atoms with Crippen molar-refractivity contribution in [2.45, 2.75) is 39.8 Å². The molecule has 1 amide bonds. The van der Waals surface area contributed by atoms with Gasteiger partial charge in [-0.05, 0) is 51.5 Å². The van der Waals surface area contributed by atoms with Crippen molar-refractivity contribution in [1.82, 2.24) is 20.1 Å². The first-order chi connectivity index (χ1) is 13.7. The third-order valence-corrected chi connectivity index (χ3v) is 4.09. The van der Waals surface area contributed by atoms with E-state index in [0.717, 1.165) is 22.0 Å². The standard InChI is InChI=1S/C21H26N4O4/c1-5-28-19(26)18-11-15-10-14(6-7-17(15)24-18)16-12-23-25(13-16)9-8-22-20(27)29-21(2,3)4/h6-7,10-13,24H,5,8-9H2,1-4H3,(H,22,27). The minimum Gasteiger partial charge on any atom is -0.461 e. The fourth-order valence-electron chi connectivity index (χ4n) is 2.85. The van der Waals surface area contributed by atoms with E-state index in [1.54, 1.807) is 23.9 Å². The molecule has 0 fully saturated rings. The van der Waals surface area contributed by atoms with Gasteiger partial charge in [0, 0.05) is 29.2 Å². The average Bonchev–Trinajstić information content (AvgIpc) is 3.26. The van der Waals surface area contributed by atoms with E-state index in [9.17, 15) is 9.59 Å². The number of nitrogens with one attached hydrogen (secondary N) is 2. The van der Waals surface area contributed by atoms with E-state index < -0.39 is 11.7 Å². The summed E-state index contributed by atoms with van der Waals surface area (Å²) in [5.41, 5.74) is 2.71. The minimum absolute atomic E-state index is 0.335. The summed E-state index contributed by atoms with van der Waals surface area (Å²) in [6, 6.07) is 7.67. The molecule has 2 heterocycles. The summed E-state index contributed by atoms with van der Waals surface area (Å²) >= 11 is 0. The Labute approximate surface area is 169 Å². The van der Waals surface area contributed by atoms with Crippen molar-refractivity contribution in [3.63, 3.8) is 0 Å². The number of hydrogen-bond acceptors (Lipinski definition) is 5. The highest BCUT2D eigenvalue weighted by molar-refractivity contribution is 5.96. The van der Waals surface area contributed by atoms with Gasteiger partial charge in [0.25, 0.3) is 0 Å². The third kappa shape index (κ3) is 5.37. The van der Waals surface area contributed by atoms with Gasteiger partial charge < -0.3 is 19.8 Å². The zero-order chi connectivity index (χ0) is 21.0. The van der Waals surface area contributed by atoms with E-state index >= 15 is 0 Å².